The summed E-state index contributed by atoms with van der Waals surface area (Å²) < 4.78 is 1.91. The molecule has 0 unspecified atom stereocenters. The average Bonchev–Trinajstić information content (AvgIpc) is 3.00. The number of aryl methyl sites for hydroxylation is 1. The van der Waals surface area contributed by atoms with Crippen molar-refractivity contribution in [2.75, 3.05) is 0 Å². The van der Waals surface area contributed by atoms with Crippen LogP contribution in [0.4, 0.5) is 0 Å². The molecule has 3 nitrogen and oxygen atoms in total. The van der Waals surface area contributed by atoms with Crippen molar-refractivity contribution in [2.24, 2.45) is 7.05 Å². The first kappa shape index (κ1) is 10.7. The molecular weight excluding hydrogens is 238 g/mol. The number of halogens is 1. The first-order valence-corrected chi connectivity index (χ1v) is 5.91. The van der Waals surface area contributed by atoms with Crippen LogP contribution in [0.15, 0.2) is 24.4 Å². The van der Waals surface area contributed by atoms with Crippen molar-refractivity contribution >= 4 is 28.5 Å². The fourth-order valence-corrected chi connectivity index (χ4v) is 2.83. The van der Waals surface area contributed by atoms with E-state index in [0.717, 1.165) is 16.5 Å². The summed E-state index contributed by atoms with van der Waals surface area (Å²) in [5.41, 5.74) is 1.13. The molecule has 1 aromatic carbocycles. The summed E-state index contributed by atoms with van der Waals surface area (Å²) in [5.74, 6) is -0.732. The Kier molecular flexibility index (Phi) is 2.05. The van der Waals surface area contributed by atoms with Gasteiger partial charge in [-0.1, -0.05) is 23.7 Å². The lowest BCUT2D eigenvalue weighted by Gasteiger charge is -2.07. The average molecular weight is 250 g/mol. The van der Waals surface area contributed by atoms with Gasteiger partial charge in [-0.2, -0.15) is 0 Å². The van der Waals surface area contributed by atoms with Gasteiger partial charge in [0.1, 0.15) is 0 Å². The second-order valence-corrected chi connectivity index (χ2v) is 5.08. The van der Waals surface area contributed by atoms with Crippen molar-refractivity contribution < 1.29 is 9.90 Å². The van der Waals surface area contributed by atoms with Crippen molar-refractivity contribution in [3.05, 3.63) is 35.0 Å². The highest BCUT2D eigenvalue weighted by Crippen LogP contribution is 2.51. The molecule has 0 radical (unpaired) electrons. The van der Waals surface area contributed by atoms with E-state index in [9.17, 15) is 9.90 Å². The van der Waals surface area contributed by atoms with E-state index in [1.54, 1.807) is 0 Å². The summed E-state index contributed by atoms with van der Waals surface area (Å²) in [7, 11) is 1.90. The number of benzene rings is 1. The molecule has 1 aliphatic carbocycles. The second-order valence-electron chi connectivity index (χ2n) is 4.68. The zero-order valence-corrected chi connectivity index (χ0v) is 10.2. The van der Waals surface area contributed by atoms with Crippen LogP contribution >= 0.6 is 11.6 Å². The molecule has 1 aromatic heterocycles. The SMILES string of the molecule is Cn1cc(C2(C(=O)O)CC2)c2cccc(Cl)c21. The van der Waals surface area contributed by atoms with Crippen molar-refractivity contribution in [1.82, 2.24) is 4.57 Å². The fraction of sp³-hybridized carbons (Fsp3) is 0.308. The van der Waals surface area contributed by atoms with Crippen LogP contribution in [0.1, 0.15) is 18.4 Å². The molecule has 0 spiro atoms. The van der Waals surface area contributed by atoms with Gasteiger partial charge in [0.05, 0.1) is 16.0 Å². The Morgan fingerprint density at radius 1 is 1.47 bits per heavy atom. The van der Waals surface area contributed by atoms with E-state index in [2.05, 4.69) is 0 Å². The zero-order chi connectivity index (χ0) is 12.2. The fourth-order valence-electron chi connectivity index (χ4n) is 2.52. The van der Waals surface area contributed by atoms with Crippen LogP contribution in [0.2, 0.25) is 5.02 Å². The molecule has 0 saturated heterocycles. The van der Waals surface area contributed by atoms with E-state index in [4.69, 9.17) is 11.6 Å². The lowest BCUT2D eigenvalue weighted by atomic mass is 9.96. The van der Waals surface area contributed by atoms with Gasteiger partial charge in [0.25, 0.3) is 0 Å². The van der Waals surface area contributed by atoms with Crippen LogP contribution in [-0.2, 0) is 17.3 Å². The van der Waals surface area contributed by atoms with Gasteiger partial charge in [0.15, 0.2) is 0 Å². The minimum absolute atomic E-state index is 0.664. The molecular formula is C13H12ClNO2. The predicted octanol–water partition coefficient (Wildman–Crippen LogP) is 2.95. The summed E-state index contributed by atoms with van der Waals surface area (Å²) in [4.78, 5) is 11.4. The van der Waals surface area contributed by atoms with E-state index in [0.29, 0.717) is 17.9 Å². The van der Waals surface area contributed by atoms with Gasteiger partial charge in [-0.25, -0.2) is 0 Å². The molecule has 1 fully saturated rings. The van der Waals surface area contributed by atoms with Gasteiger partial charge in [0.2, 0.25) is 0 Å². The maximum atomic E-state index is 11.4. The number of fused-ring (bicyclic) bond motifs is 1. The number of carbonyl (C=O) groups is 1. The highest BCUT2D eigenvalue weighted by atomic mass is 35.5. The highest BCUT2D eigenvalue weighted by Gasteiger charge is 2.53. The quantitative estimate of drug-likeness (QED) is 0.889. The van der Waals surface area contributed by atoms with Gasteiger partial charge in [0, 0.05) is 18.6 Å². The van der Waals surface area contributed by atoms with E-state index >= 15 is 0 Å². The zero-order valence-electron chi connectivity index (χ0n) is 9.40. The molecule has 0 bridgehead atoms. The standard InChI is InChI=1S/C13H12ClNO2/c1-15-7-9(13(5-6-13)12(16)17)8-3-2-4-10(14)11(8)15/h2-4,7H,5-6H2,1H3,(H,16,17). The topological polar surface area (TPSA) is 42.2 Å². The van der Waals surface area contributed by atoms with Crippen LogP contribution in [0.25, 0.3) is 10.9 Å². The molecule has 17 heavy (non-hydrogen) atoms. The Balaban J connectivity index is 2.33. The first-order chi connectivity index (χ1) is 8.06. The molecule has 88 valence electrons. The molecule has 0 aliphatic heterocycles. The van der Waals surface area contributed by atoms with Gasteiger partial charge < -0.3 is 9.67 Å². The van der Waals surface area contributed by atoms with Gasteiger partial charge >= 0.3 is 5.97 Å². The van der Waals surface area contributed by atoms with Crippen LogP contribution in [0, 0.1) is 0 Å². The summed E-state index contributed by atoms with van der Waals surface area (Å²) in [6, 6.07) is 5.64. The van der Waals surface area contributed by atoms with E-state index < -0.39 is 11.4 Å². The number of para-hydroxylation sites is 1. The number of rotatable bonds is 2. The molecule has 0 amide bonds. The highest BCUT2D eigenvalue weighted by molar-refractivity contribution is 6.35. The maximum absolute atomic E-state index is 11.4. The Labute approximate surface area is 104 Å². The first-order valence-electron chi connectivity index (χ1n) is 5.54. The number of aromatic nitrogens is 1. The summed E-state index contributed by atoms with van der Waals surface area (Å²) >= 11 is 6.16. The Hall–Kier alpha value is -1.48. The predicted molar refractivity (Wildman–Crippen MR) is 66.5 cm³/mol. The van der Waals surface area contributed by atoms with Crippen molar-refractivity contribution in [2.45, 2.75) is 18.3 Å². The van der Waals surface area contributed by atoms with Crippen molar-refractivity contribution in [3.63, 3.8) is 0 Å². The van der Waals surface area contributed by atoms with E-state index in [1.165, 1.54) is 0 Å². The molecule has 1 saturated carbocycles. The number of nitrogens with zero attached hydrogens (tertiary/aromatic N) is 1. The lowest BCUT2D eigenvalue weighted by Crippen LogP contribution is -2.19. The molecule has 1 aliphatic rings. The maximum Gasteiger partial charge on any atom is 0.314 e. The molecule has 4 heteroatoms. The van der Waals surface area contributed by atoms with Crippen LogP contribution in [0.3, 0.4) is 0 Å². The Morgan fingerprint density at radius 2 is 2.18 bits per heavy atom. The monoisotopic (exact) mass is 249 g/mol. The minimum atomic E-state index is -0.732. The molecule has 1 N–H and O–H groups in total. The van der Waals surface area contributed by atoms with Gasteiger partial charge in [-0.3, -0.25) is 4.79 Å². The van der Waals surface area contributed by atoms with Gasteiger partial charge in [-0.05, 0) is 24.5 Å². The van der Waals surface area contributed by atoms with E-state index in [1.807, 2.05) is 36.0 Å². The smallest absolute Gasteiger partial charge is 0.314 e. The summed E-state index contributed by atoms with van der Waals surface area (Å²) in [6.45, 7) is 0. The second kappa shape index (κ2) is 3.26. The third-order valence-electron chi connectivity index (χ3n) is 3.63. The molecule has 2 aromatic rings. The lowest BCUT2D eigenvalue weighted by molar-refractivity contribution is -0.140. The molecule has 1 heterocycles. The van der Waals surface area contributed by atoms with Crippen LogP contribution in [-0.4, -0.2) is 15.6 Å². The molecule has 0 atom stereocenters. The van der Waals surface area contributed by atoms with Gasteiger partial charge in [-0.15, -0.1) is 0 Å². The largest absolute Gasteiger partial charge is 0.481 e. The Bertz CT molecular complexity index is 626. The number of hydrogen-bond donors (Lipinski definition) is 1. The number of hydrogen-bond acceptors (Lipinski definition) is 1. The summed E-state index contributed by atoms with van der Waals surface area (Å²) in [6.07, 6.45) is 3.33. The normalized spacial score (nSPS) is 17.3. The summed E-state index contributed by atoms with van der Waals surface area (Å²) in [5, 5.41) is 11.0. The van der Waals surface area contributed by atoms with Crippen LogP contribution in [0.5, 0.6) is 0 Å². The van der Waals surface area contributed by atoms with Crippen molar-refractivity contribution in [3.8, 4) is 0 Å². The molecule has 3 rings (SSSR count). The third-order valence-corrected chi connectivity index (χ3v) is 3.93. The Morgan fingerprint density at radius 3 is 2.76 bits per heavy atom. The third kappa shape index (κ3) is 1.32. The van der Waals surface area contributed by atoms with Crippen molar-refractivity contribution in [1.29, 1.82) is 0 Å². The number of carboxylic acid groups (broad SMARTS) is 1. The number of carboxylic acids is 1. The van der Waals surface area contributed by atoms with E-state index in [-0.39, 0.29) is 0 Å². The minimum Gasteiger partial charge on any atom is -0.481 e. The number of aliphatic carboxylic acids is 1. The van der Waals surface area contributed by atoms with Crippen LogP contribution < -0.4 is 0 Å².